The van der Waals surface area contributed by atoms with Crippen molar-refractivity contribution in [2.24, 2.45) is 34.5 Å². The quantitative estimate of drug-likeness (QED) is 0.405. The number of fused-ring (bicyclic) bond motifs is 5. The highest BCUT2D eigenvalue weighted by atomic mass is 16.5. The van der Waals surface area contributed by atoms with Crippen LogP contribution in [0.25, 0.3) is 0 Å². The first-order chi connectivity index (χ1) is 20.0. The standard InChI is InChI=1S/C32H49N3O7/c1-20(36)42-26-18-32(39)25-5-4-22-17-23(34-29(38)33-10-11-35-12-14-40-15-13-35)6-8-30(22,2)24(25)7-9-31(32,3)28(26)21-16-27(37)41-19-21/h16,22-26,28,39H,4-15,17-19H2,1-3H3,(H2,33,34,38). The van der Waals surface area contributed by atoms with E-state index in [0.29, 0.717) is 24.8 Å². The van der Waals surface area contributed by atoms with E-state index < -0.39 is 17.1 Å². The van der Waals surface area contributed by atoms with Gasteiger partial charge in [0.05, 0.1) is 18.8 Å². The van der Waals surface area contributed by atoms with Gasteiger partial charge < -0.3 is 30.0 Å². The van der Waals surface area contributed by atoms with Gasteiger partial charge in [-0.2, -0.15) is 0 Å². The second-order valence-electron chi connectivity index (χ2n) is 14.4. The van der Waals surface area contributed by atoms with Crippen LogP contribution in [0.1, 0.15) is 72.1 Å². The topological polar surface area (TPSA) is 126 Å². The highest BCUT2D eigenvalue weighted by molar-refractivity contribution is 5.85. The fraction of sp³-hybridized carbons (Fsp3) is 0.844. The number of amides is 2. The van der Waals surface area contributed by atoms with Crippen LogP contribution in [0.4, 0.5) is 4.79 Å². The molecule has 0 spiro atoms. The molecular weight excluding hydrogens is 538 g/mol. The normalized spacial score (nSPS) is 43.3. The predicted molar refractivity (Wildman–Crippen MR) is 154 cm³/mol. The Morgan fingerprint density at radius 3 is 2.62 bits per heavy atom. The number of hydrogen-bond acceptors (Lipinski definition) is 8. The molecule has 0 aromatic rings. The summed E-state index contributed by atoms with van der Waals surface area (Å²) >= 11 is 0. The smallest absolute Gasteiger partial charge is 0.331 e. The van der Waals surface area contributed by atoms with Crippen molar-refractivity contribution in [2.45, 2.75) is 89.9 Å². The van der Waals surface area contributed by atoms with E-state index in [9.17, 15) is 19.5 Å². The molecule has 1 saturated heterocycles. The zero-order valence-corrected chi connectivity index (χ0v) is 25.5. The van der Waals surface area contributed by atoms with E-state index in [2.05, 4.69) is 29.4 Å². The number of rotatable bonds is 6. The molecule has 6 rings (SSSR count). The van der Waals surface area contributed by atoms with Crippen LogP contribution in [-0.4, -0.2) is 91.7 Å². The molecule has 10 heteroatoms. The van der Waals surface area contributed by atoms with Crippen molar-refractivity contribution in [3.05, 3.63) is 11.6 Å². The van der Waals surface area contributed by atoms with Crippen molar-refractivity contribution in [1.82, 2.24) is 15.5 Å². The van der Waals surface area contributed by atoms with Crippen LogP contribution in [0, 0.1) is 34.5 Å². The number of morpholine rings is 1. The lowest BCUT2D eigenvalue weighted by molar-refractivity contribution is -0.204. The molecule has 9 atom stereocenters. The zero-order valence-electron chi connectivity index (χ0n) is 25.5. The fourth-order valence-corrected chi connectivity index (χ4v) is 10.3. The fourth-order valence-electron chi connectivity index (χ4n) is 10.3. The molecule has 10 nitrogen and oxygen atoms in total. The summed E-state index contributed by atoms with van der Waals surface area (Å²) in [6, 6.07) is 0.0847. The van der Waals surface area contributed by atoms with Crippen LogP contribution in [0.3, 0.4) is 0 Å². The molecule has 2 aliphatic heterocycles. The summed E-state index contributed by atoms with van der Waals surface area (Å²) in [5.41, 5.74) is -0.560. The van der Waals surface area contributed by atoms with Gasteiger partial charge in [-0.05, 0) is 73.7 Å². The Bertz CT molecular complexity index is 1110. The van der Waals surface area contributed by atoms with E-state index in [0.717, 1.165) is 83.4 Å². The Balaban J connectivity index is 1.12. The minimum Gasteiger partial charge on any atom is -0.462 e. The maximum atomic E-state index is 12.7. The molecule has 0 radical (unpaired) electrons. The Morgan fingerprint density at radius 2 is 1.90 bits per heavy atom. The highest BCUT2D eigenvalue weighted by Gasteiger charge is 2.71. The van der Waals surface area contributed by atoms with Crippen LogP contribution >= 0.6 is 0 Å². The molecule has 4 aliphatic carbocycles. The molecule has 9 unspecified atom stereocenters. The number of urea groups is 1. The number of hydrogen-bond donors (Lipinski definition) is 3. The van der Waals surface area contributed by atoms with E-state index >= 15 is 0 Å². The Hall–Kier alpha value is -2.17. The lowest BCUT2D eigenvalue weighted by Gasteiger charge is -2.63. The largest absolute Gasteiger partial charge is 0.462 e. The van der Waals surface area contributed by atoms with Crippen molar-refractivity contribution >= 4 is 18.0 Å². The van der Waals surface area contributed by atoms with Gasteiger partial charge in [0.15, 0.2) is 0 Å². The van der Waals surface area contributed by atoms with Crippen molar-refractivity contribution in [3.8, 4) is 0 Å². The number of ether oxygens (including phenoxy) is 3. The molecule has 3 N–H and O–H groups in total. The Labute approximate surface area is 249 Å². The van der Waals surface area contributed by atoms with Gasteiger partial charge in [0.1, 0.15) is 12.7 Å². The predicted octanol–water partition coefficient (Wildman–Crippen LogP) is 2.79. The zero-order chi connectivity index (χ0) is 29.7. The van der Waals surface area contributed by atoms with Gasteiger partial charge in [0, 0.05) is 63.0 Å². The van der Waals surface area contributed by atoms with Gasteiger partial charge in [-0.25, -0.2) is 9.59 Å². The molecule has 2 amide bonds. The van der Waals surface area contributed by atoms with Crippen molar-refractivity contribution in [3.63, 3.8) is 0 Å². The third-order valence-corrected chi connectivity index (χ3v) is 12.4. The summed E-state index contributed by atoms with van der Waals surface area (Å²) < 4.78 is 16.5. The first kappa shape index (κ1) is 29.9. The van der Waals surface area contributed by atoms with Gasteiger partial charge in [0.25, 0.3) is 0 Å². The molecule has 4 saturated carbocycles. The first-order valence-electron chi connectivity index (χ1n) is 16.1. The lowest BCUT2D eigenvalue weighted by Crippen LogP contribution is -2.63. The summed E-state index contributed by atoms with van der Waals surface area (Å²) in [4.78, 5) is 39.2. The summed E-state index contributed by atoms with van der Waals surface area (Å²) in [7, 11) is 0. The van der Waals surface area contributed by atoms with E-state index in [1.807, 2.05) is 0 Å². The van der Waals surface area contributed by atoms with Crippen LogP contribution in [-0.2, 0) is 23.8 Å². The lowest BCUT2D eigenvalue weighted by atomic mass is 9.43. The summed E-state index contributed by atoms with van der Waals surface area (Å²) in [5.74, 6) is 0.0143. The van der Waals surface area contributed by atoms with E-state index in [-0.39, 0.29) is 47.9 Å². The minimum absolute atomic E-state index is 0.0783. The van der Waals surface area contributed by atoms with Crippen molar-refractivity contribution < 1.29 is 33.7 Å². The number of carbonyl (C=O) groups is 3. The molecular formula is C32H49N3O7. The van der Waals surface area contributed by atoms with Gasteiger partial charge in [0.2, 0.25) is 0 Å². The molecule has 42 heavy (non-hydrogen) atoms. The molecule has 5 fully saturated rings. The summed E-state index contributed by atoms with van der Waals surface area (Å²) in [6.07, 6.45) is 8.16. The van der Waals surface area contributed by atoms with Crippen molar-refractivity contribution in [2.75, 3.05) is 46.0 Å². The molecule has 0 aromatic carbocycles. The average molecular weight is 588 g/mol. The third kappa shape index (κ3) is 5.15. The number of cyclic esters (lactones) is 1. The van der Waals surface area contributed by atoms with Gasteiger partial charge >= 0.3 is 18.0 Å². The third-order valence-electron chi connectivity index (χ3n) is 12.4. The van der Waals surface area contributed by atoms with Crippen LogP contribution in [0.15, 0.2) is 11.6 Å². The minimum atomic E-state index is -0.989. The highest BCUT2D eigenvalue weighted by Crippen LogP contribution is 2.70. The number of esters is 2. The Morgan fingerprint density at radius 1 is 1.12 bits per heavy atom. The number of nitrogens with zero attached hydrogens (tertiary/aromatic N) is 1. The Kier molecular flexibility index (Phi) is 8.11. The SMILES string of the molecule is CC(=O)OC1CC2(O)C3CCC4CC(NC(=O)NCCN5CCOCC5)CCC4(C)C3CCC2(C)C1C1=CC(=O)OC1. The monoisotopic (exact) mass is 587 g/mol. The van der Waals surface area contributed by atoms with E-state index in [1.165, 1.54) is 6.92 Å². The summed E-state index contributed by atoms with van der Waals surface area (Å²) in [6.45, 7) is 11.0. The van der Waals surface area contributed by atoms with Gasteiger partial charge in [-0.1, -0.05) is 13.8 Å². The molecule has 234 valence electrons. The summed E-state index contributed by atoms with van der Waals surface area (Å²) in [5, 5.41) is 19.0. The number of aliphatic hydroxyl groups is 1. The van der Waals surface area contributed by atoms with Gasteiger partial charge in [-0.15, -0.1) is 0 Å². The van der Waals surface area contributed by atoms with Crippen LogP contribution < -0.4 is 10.6 Å². The maximum Gasteiger partial charge on any atom is 0.331 e. The molecule has 0 aromatic heterocycles. The second kappa shape index (κ2) is 11.4. The van der Waals surface area contributed by atoms with Gasteiger partial charge in [-0.3, -0.25) is 9.69 Å². The number of nitrogens with one attached hydrogen (secondary N) is 2. The molecule has 6 aliphatic rings. The molecule has 0 bridgehead atoms. The first-order valence-corrected chi connectivity index (χ1v) is 16.1. The van der Waals surface area contributed by atoms with Crippen LogP contribution in [0.5, 0.6) is 0 Å². The van der Waals surface area contributed by atoms with E-state index in [4.69, 9.17) is 14.2 Å². The second-order valence-corrected chi connectivity index (χ2v) is 14.4. The maximum absolute atomic E-state index is 12.7. The number of carbonyl (C=O) groups excluding carboxylic acids is 3. The van der Waals surface area contributed by atoms with Crippen LogP contribution in [0.2, 0.25) is 0 Å². The molecule has 2 heterocycles. The van der Waals surface area contributed by atoms with Crippen molar-refractivity contribution in [1.29, 1.82) is 0 Å². The average Bonchev–Trinajstić information content (AvgIpc) is 3.46. The van der Waals surface area contributed by atoms with E-state index in [1.54, 1.807) is 6.08 Å².